The lowest BCUT2D eigenvalue weighted by atomic mass is 9.81. The summed E-state index contributed by atoms with van der Waals surface area (Å²) in [5.41, 5.74) is 15.0. The molecule has 0 radical (unpaired) electrons. The van der Waals surface area contributed by atoms with Crippen molar-refractivity contribution in [3.63, 3.8) is 0 Å². The molecule has 2 fully saturated rings. The Balaban J connectivity index is 0.889. The van der Waals surface area contributed by atoms with E-state index in [1.807, 2.05) is 13.2 Å². The van der Waals surface area contributed by atoms with Crippen molar-refractivity contribution >= 4 is 23.7 Å². The number of nitrogens with one attached hydrogen (secondary N) is 3. The van der Waals surface area contributed by atoms with Gasteiger partial charge in [0.1, 0.15) is 17.6 Å². The molecule has 3 aromatic rings. The number of ether oxygens (including phenoxy) is 2. The minimum Gasteiger partial charge on any atom is -0.490 e. The van der Waals surface area contributed by atoms with E-state index in [2.05, 4.69) is 54.1 Å². The molecular weight excluding hydrogens is 958 g/mol. The zero-order chi connectivity index (χ0) is 53.1. The third-order valence-electron chi connectivity index (χ3n) is 15.1. The molecule has 410 valence electrons. The predicted octanol–water partition coefficient (Wildman–Crippen LogP) is 6.14. The number of piperidine rings is 1. The number of hydrogen-bond acceptors (Lipinski definition) is 11. The molecule has 1 aliphatic carbocycles. The van der Waals surface area contributed by atoms with E-state index < -0.39 is 18.2 Å². The first kappa shape index (κ1) is 58.0. The molecule has 2 aliphatic heterocycles. The number of unbranched alkanes of at least 4 members (excludes halogenated alkanes) is 6. The molecule has 8 N–H and O–H groups in total. The standard InChI is InChI=1S/C54H81F3N10O7/c1-38(53(71)72)52(41-13-14-41)42-15-12-39-16-18-46(73-48(39)35-42)40-20-29-65(30-21-40)36-43-34-45(17-19-47(43)74-54(55,56)57)66-37-44(63-64-66)10-8-6-4-3-5-7-9-11-49(68)62-28-33-67(2,31-22-50(69)60-26-24-58)32-23-51(70)61-27-25-59/h12,15,17,19,34-35,37-38,40-41,46,52H,3-11,13-14,16,18,20-33,36,58-59H2,1-2H3,(H3-,60,61,62,68,69,70,71,72)/p+1/t38-,46+,52-/m0/s1. The van der Waals surface area contributed by atoms with Crippen LogP contribution in [0, 0.1) is 17.8 Å². The van der Waals surface area contributed by atoms with Crippen LogP contribution in [0.15, 0.2) is 42.6 Å². The molecule has 74 heavy (non-hydrogen) atoms. The maximum Gasteiger partial charge on any atom is 0.573 e. The molecule has 2 aromatic carbocycles. The monoisotopic (exact) mass is 1040 g/mol. The van der Waals surface area contributed by atoms with E-state index in [0.29, 0.717) is 112 Å². The van der Waals surface area contributed by atoms with E-state index in [9.17, 15) is 37.5 Å². The van der Waals surface area contributed by atoms with E-state index in [4.69, 9.17) is 16.2 Å². The number of carbonyl (C=O) groups is 4. The van der Waals surface area contributed by atoms with Gasteiger partial charge in [-0.1, -0.05) is 56.4 Å². The number of carbonyl (C=O) groups excluding carboxylic acids is 3. The van der Waals surface area contributed by atoms with Crippen LogP contribution in [-0.4, -0.2) is 138 Å². The quantitative estimate of drug-likeness (QED) is 0.0306. The number of nitrogens with zero attached hydrogens (tertiary/aromatic N) is 5. The summed E-state index contributed by atoms with van der Waals surface area (Å²) < 4.78 is 54.0. The Morgan fingerprint density at radius 2 is 1.46 bits per heavy atom. The Bertz CT molecular complexity index is 2240. The first-order valence-corrected chi connectivity index (χ1v) is 27.1. The van der Waals surface area contributed by atoms with Crippen LogP contribution in [0.1, 0.15) is 132 Å². The van der Waals surface area contributed by atoms with Gasteiger partial charge in [0.05, 0.1) is 69.6 Å². The smallest absolute Gasteiger partial charge is 0.490 e. The van der Waals surface area contributed by atoms with Crippen LogP contribution in [0.25, 0.3) is 5.69 Å². The zero-order valence-corrected chi connectivity index (χ0v) is 43.6. The number of likely N-dealkylation sites (tertiary alicyclic amines) is 1. The molecule has 3 amide bonds. The van der Waals surface area contributed by atoms with Gasteiger partial charge in [-0.25, -0.2) is 4.68 Å². The second-order valence-corrected chi connectivity index (χ2v) is 21.1. The first-order chi connectivity index (χ1) is 35.5. The Kier molecular flexibility index (Phi) is 22.4. The lowest BCUT2D eigenvalue weighted by Gasteiger charge is -2.38. The second-order valence-electron chi connectivity index (χ2n) is 21.1. The van der Waals surface area contributed by atoms with Crippen LogP contribution in [0.2, 0.25) is 0 Å². The molecule has 0 unspecified atom stereocenters. The van der Waals surface area contributed by atoms with Crippen molar-refractivity contribution in [2.75, 3.05) is 72.5 Å². The number of rotatable bonds is 32. The lowest BCUT2D eigenvalue weighted by Crippen LogP contribution is -2.52. The summed E-state index contributed by atoms with van der Waals surface area (Å²) in [6, 6.07) is 10.9. The number of likely N-dealkylation sites (N-methyl/N-ethyl adjacent to an activating group) is 1. The molecule has 6 rings (SSSR count). The predicted molar refractivity (Wildman–Crippen MR) is 275 cm³/mol. The molecule has 20 heteroatoms. The van der Waals surface area contributed by atoms with Gasteiger partial charge in [-0.05, 0) is 124 Å². The van der Waals surface area contributed by atoms with E-state index in [-0.39, 0.29) is 42.0 Å². The van der Waals surface area contributed by atoms with Crippen molar-refractivity contribution in [2.24, 2.45) is 29.2 Å². The number of benzene rings is 2. The highest BCUT2D eigenvalue weighted by atomic mass is 19.4. The molecular formula is C54H82F3N10O7+. The summed E-state index contributed by atoms with van der Waals surface area (Å²) in [4.78, 5) is 51.3. The molecule has 1 saturated carbocycles. The van der Waals surface area contributed by atoms with Crippen LogP contribution in [0.4, 0.5) is 13.2 Å². The minimum atomic E-state index is -4.84. The number of halogens is 3. The Labute approximate surface area is 434 Å². The molecule has 1 aromatic heterocycles. The fraction of sp³-hybridized carbons (Fsp3) is 0.667. The van der Waals surface area contributed by atoms with Crippen molar-refractivity contribution in [1.82, 2.24) is 35.8 Å². The molecule has 0 spiro atoms. The zero-order valence-electron chi connectivity index (χ0n) is 43.6. The van der Waals surface area contributed by atoms with Crippen molar-refractivity contribution in [3.8, 4) is 17.2 Å². The Morgan fingerprint density at radius 3 is 2.09 bits per heavy atom. The third-order valence-corrected chi connectivity index (χ3v) is 15.1. The average molecular weight is 1040 g/mol. The average Bonchev–Trinajstić information content (AvgIpc) is 4.10. The van der Waals surface area contributed by atoms with Gasteiger partial charge in [0.15, 0.2) is 0 Å². The van der Waals surface area contributed by atoms with Gasteiger partial charge in [-0.3, -0.25) is 24.1 Å². The number of aliphatic carboxylic acids is 1. The van der Waals surface area contributed by atoms with E-state index >= 15 is 0 Å². The Morgan fingerprint density at radius 1 is 0.824 bits per heavy atom. The van der Waals surface area contributed by atoms with Crippen molar-refractivity contribution in [2.45, 2.75) is 141 Å². The first-order valence-electron chi connectivity index (χ1n) is 27.1. The molecule has 3 heterocycles. The number of alkyl halides is 3. The normalized spacial score (nSPS) is 17.2. The fourth-order valence-electron chi connectivity index (χ4n) is 10.6. The van der Waals surface area contributed by atoms with Gasteiger partial charge in [0.25, 0.3) is 0 Å². The summed E-state index contributed by atoms with van der Waals surface area (Å²) in [6.45, 7) is 7.09. The summed E-state index contributed by atoms with van der Waals surface area (Å²) in [7, 11) is 1.99. The number of aromatic nitrogens is 3. The highest BCUT2D eigenvalue weighted by Crippen LogP contribution is 2.48. The number of amides is 3. The number of carboxylic acids is 1. The maximum absolute atomic E-state index is 13.6. The molecule has 0 bridgehead atoms. The van der Waals surface area contributed by atoms with Gasteiger partial charge in [-0.15, -0.1) is 18.3 Å². The lowest BCUT2D eigenvalue weighted by molar-refractivity contribution is -0.907. The number of aryl methyl sites for hydroxylation is 2. The number of nitrogens with two attached hydrogens (primary N) is 2. The van der Waals surface area contributed by atoms with Crippen LogP contribution in [0.3, 0.4) is 0 Å². The van der Waals surface area contributed by atoms with E-state index in [1.54, 1.807) is 23.7 Å². The van der Waals surface area contributed by atoms with Crippen molar-refractivity contribution < 1.29 is 51.4 Å². The highest BCUT2D eigenvalue weighted by molar-refractivity contribution is 5.77. The summed E-state index contributed by atoms with van der Waals surface area (Å²) in [5.74, 6) is -0.182. The molecule has 1 saturated heterocycles. The highest BCUT2D eigenvalue weighted by Gasteiger charge is 2.40. The summed E-state index contributed by atoms with van der Waals surface area (Å²) in [6.07, 6.45) is 11.1. The van der Waals surface area contributed by atoms with Gasteiger partial charge in [0, 0.05) is 44.7 Å². The molecule has 17 nitrogen and oxygen atoms in total. The van der Waals surface area contributed by atoms with E-state index in [1.165, 1.54) is 6.07 Å². The number of fused-ring (bicyclic) bond motifs is 1. The number of quaternary nitrogens is 1. The topological polar surface area (TPSA) is 229 Å². The van der Waals surface area contributed by atoms with Crippen LogP contribution >= 0.6 is 0 Å². The maximum atomic E-state index is 13.6. The largest absolute Gasteiger partial charge is 0.573 e. The van der Waals surface area contributed by atoms with Gasteiger partial charge >= 0.3 is 12.3 Å². The van der Waals surface area contributed by atoms with Crippen LogP contribution in [0.5, 0.6) is 11.5 Å². The third kappa shape index (κ3) is 18.8. The fourth-order valence-corrected chi connectivity index (χ4v) is 10.6. The minimum absolute atomic E-state index is 0.00828. The second kappa shape index (κ2) is 28.5. The van der Waals surface area contributed by atoms with E-state index in [0.717, 1.165) is 112 Å². The van der Waals surface area contributed by atoms with Gasteiger partial charge in [0.2, 0.25) is 17.7 Å². The van der Waals surface area contributed by atoms with Crippen molar-refractivity contribution in [3.05, 3.63) is 65.0 Å². The Hall–Kier alpha value is -5.31. The van der Waals surface area contributed by atoms with Crippen LogP contribution in [-0.2, 0) is 38.6 Å². The molecule has 3 atom stereocenters. The number of hydrogen-bond donors (Lipinski definition) is 6. The molecule has 3 aliphatic rings. The number of carboxylic acid groups (broad SMARTS) is 1. The summed E-state index contributed by atoms with van der Waals surface area (Å²) in [5, 5.41) is 27.1. The van der Waals surface area contributed by atoms with Gasteiger partial charge < -0.3 is 46.5 Å². The van der Waals surface area contributed by atoms with Gasteiger partial charge in [-0.2, -0.15) is 0 Å². The summed E-state index contributed by atoms with van der Waals surface area (Å²) >= 11 is 0. The van der Waals surface area contributed by atoms with Crippen LogP contribution < -0.4 is 36.9 Å². The SMILES string of the molecule is C[C@H](C(=O)O)[C@H](c1ccc2c(c1)O[C@@H](C1CCN(Cc3cc(-n4cc(CCCCCCCCCC(=O)NCC[N+](C)(CCC(=O)NCCN)CCC(=O)NCCN)nn4)ccc3OC(F)(F)F)CC1)CC2)C1CC1. The van der Waals surface area contributed by atoms with Crippen molar-refractivity contribution in [1.29, 1.82) is 0 Å².